The molecule has 0 aliphatic rings. The Labute approximate surface area is 245 Å². The summed E-state index contributed by atoms with van der Waals surface area (Å²) in [6.07, 6.45) is -3.56. The van der Waals surface area contributed by atoms with Gasteiger partial charge in [-0.15, -0.1) is 0 Å². The molecule has 0 atom stereocenters. The van der Waals surface area contributed by atoms with E-state index in [2.05, 4.69) is 10.0 Å². The van der Waals surface area contributed by atoms with Crippen molar-refractivity contribution in [1.82, 2.24) is 0 Å². The van der Waals surface area contributed by atoms with E-state index in [0.29, 0.717) is 22.3 Å². The van der Waals surface area contributed by atoms with Crippen LogP contribution in [0.3, 0.4) is 0 Å². The topological polar surface area (TPSA) is 113 Å². The lowest BCUT2D eigenvalue weighted by atomic mass is 10.1. The van der Waals surface area contributed by atoms with Crippen LogP contribution in [0.2, 0.25) is 5.02 Å². The highest BCUT2D eigenvalue weighted by Gasteiger charge is 2.30. The Hall–Kier alpha value is -4.07. The molecule has 0 saturated heterocycles. The summed E-state index contributed by atoms with van der Waals surface area (Å²) < 4.78 is 92.4. The van der Waals surface area contributed by atoms with E-state index >= 15 is 0 Å². The average molecular weight is 638 g/mol. The maximum absolute atomic E-state index is 12.9. The fourth-order valence-corrected chi connectivity index (χ4v) is 5.89. The molecule has 0 heterocycles. The van der Waals surface area contributed by atoms with Gasteiger partial charge in [0.05, 0.1) is 28.9 Å². The molecule has 4 rings (SSSR count). The number of alkyl halides is 3. The van der Waals surface area contributed by atoms with E-state index < -0.39 is 37.7 Å². The molecule has 0 bridgehead atoms. The number of benzene rings is 4. The second kappa shape index (κ2) is 12.0. The number of hydrogen-bond acceptors (Lipinski definition) is 5. The number of rotatable bonds is 9. The van der Waals surface area contributed by atoms with Crippen LogP contribution in [0.4, 0.5) is 30.2 Å². The number of amides is 1. The second-order valence-corrected chi connectivity index (χ2v) is 13.1. The van der Waals surface area contributed by atoms with Gasteiger partial charge >= 0.3 is 6.18 Å². The van der Waals surface area contributed by atoms with E-state index in [1.807, 2.05) is 0 Å². The first-order valence-corrected chi connectivity index (χ1v) is 15.8. The van der Waals surface area contributed by atoms with Crippen molar-refractivity contribution in [1.29, 1.82) is 0 Å². The van der Waals surface area contributed by atoms with Gasteiger partial charge in [-0.25, -0.2) is 16.8 Å². The van der Waals surface area contributed by atoms with Gasteiger partial charge in [0.15, 0.2) is 0 Å². The van der Waals surface area contributed by atoms with Crippen LogP contribution >= 0.6 is 11.6 Å². The molecule has 0 aromatic heterocycles. The zero-order valence-electron chi connectivity index (χ0n) is 21.8. The van der Waals surface area contributed by atoms with Gasteiger partial charge in [0.25, 0.3) is 15.9 Å². The number of sulfonamides is 2. The zero-order chi connectivity index (χ0) is 30.7. The normalized spacial score (nSPS) is 12.0. The van der Waals surface area contributed by atoms with Gasteiger partial charge in [-0.05, 0) is 84.4 Å². The van der Waals surface area contributed by atoms with E-state index in [1.54, 1.807) is 24.3 Å². The molecular weight excluding hydrogens is 615 g/mol. The van der Waals surface area contributed by atoms with Crippen molar-refractivity contribution in [3.05, 3.63) is 119 Å². The summed E-state index contributed by atoms with van der Waals surface area (Å²) in [4.78, 5) is 12.5. The second-order valence-electron chi connectivity index (χ2n) is 9.11. The number of carbonyl (C=O) groups is 1. The molecule has 0 radical (unpaired) electrons. The Morgan fingerprint density at radius 2 is 1.45 bits per heavy atom. The van der Waals surface area contributed by atoms with Gasteiger partial charge in [0.2, 0.25) is 10.0 Å². The van der Waals surface area contributed by atoms with Gasteiger partial charge in [0.1, 0.15) is 0 Å². The van der Waals surface area contributed by atoms with Gasteiger partial charge in [-0.1, -0.05) is 29.8 Å². The quantitative estimate of drug-likeness (QED) is 0.221. The predicted octanol–water partition coefficient (Wildman–Crippen LogP) is 6.38. The third kappa shape index (κ3) is 7.81. The van der Waals surface area contributed by atoms with E-state index in [-0.39, 0.29) is 28.4 Å². The third-order valence-corrected chi connectivity index (χ3v) is 8.71. The molecule has 220 valence electrons. The molecule has 0 unspecified atom stereocenters. The van der Waals surface area contributed by atoms with Crippen LogP contribution in [0.15, 0.2) is 102 Å². The zero-order valence-corrected chi connectivity index (χ0v) is 24.2. The lowest BCUT2D eigenvalue weighted by Crippen LogP contribution is -2.29. The molecule has 42 heavy (non-hydrogen) atoms. The monoisotopic (exact) mass is 637 g/mol. The fraction of sp³-hybridized carbons (Fsp3) is 0.107. The van der Waals surface area contributed by atoms with Crippen molar-refractivity contribution in [2.75, 3.05) is 20.6 Å². The van der Waals surface area contributed by atoms with E-state index in [0.717, 1.165) is 18.4 Å². The Bertz CT molecular complexity index is 1800. The lowest BCUT2D eigenvalue weighted by Gasteiger charge is -2.23. The Kier molecular flexibility index (Phi) is 8.85. The number of carbonyl (C=O) groups excluding carboxylic acids is 1. The van der Waals surface area contributed by atoms with Crippen LogP contribution < -0.4 is 14.3 Å². The molecule has 8 nitrogen and oxygen atoms in total. The van der Waals surface area contributed by atoms with Gasteiger partial charge in [-0.2, -0.15) is 13.2 Å². The largest absolute Gasteiger partial charge is 0.416 e. The van der Waals surface area contributed by atoms with E-state index in [1.165, 1.54) is 58.9 Å². The number of halogens is 4. The number of nitrogens with zero attached hydrogens (tertiary/aromatic N) is 1. The predicted molar refractivity (Wildman–Crippen MR) is 156 cm³/mol. The molecule has 0 aliphatic carbocycles. The molecule has 4 aromatic rings. The maximum atomic E-state index is 12.9. The number of anilines is 3. The third-order valence-electron chi connectivity index (χ3n) is 5.92. The molecule has 0 aliphatic heterocycles. The molecule has 0 fully saturated rings. The fourth-order valence-electron chi connectivity index (χ4n) is 3.83. The summed E-state index contributed by atoms with van der Waals surface area (Å²) in [6.45, 7) is 0.0550. The standard InChI is InChI=1S/C28H23ClF3N3O5S2/c1-41(37,38)35(18-19-5-9-22(29)10-6-19)25-13-7-20(8-14-25)27(36)33-23-11-15-26(16-12-23)42(39,40)34-24-4-2-3-21(17-24)28(30,31)32/h2-17,34H,18H2,1H3,(H,33,36). The minimum absolute atomic E-state index is 0.0550. The summed E-state index contributed by atoms with van der Waals surface area (Å²) in [5.41, 5.74) is 0.255. The average Bonchev–Trinajstić information content (AvgIpc) is 2.92. The minimum Gasteiger partial charge on any atom is -0.322 e. The summed E-state index contributed by atoms with van der Waals surface area (Å²) in [5, 5.41) is 3.13. The highest BCUT2D eigenvalue weighted by molar-refractivity contribution is 7.92. The SMILES string of the molecule is CS(=O)(=O)N(Cc1ccc(Cl)cc1)c1ccc(C(=O)Nc2ccc(S(=O)(=O)Nc3cccc(C(F)(F)F)c3)cc2)cc1. The Morgan fingerprint density at radius 3 is 2.02 bits per heavy atom. The molecule has 0 saturated carbocycles. The minimum atomic E-state index is -4.63. The maximum Gasteiger partial charge on any atom is 0.416 e. The molecule has 1 amide bonds. The highest BCUT2D eigenvalue weighted by Crippen LogP contribution is 2.31. The van der Waals surface area contributed by atoms with Gasteiger partial charge in [-0.3, -0.25) is 13.8 Å². The molecule has 0 spiro atoms. The van der Waals surface area contributed by atoms with Gasteiger partial charge < -0.3 is 5.32 Å². The first kappa shape index (κ1) is 30.9. The first-order valence-electron chi connectivity index (χ1n) is 12.1. The summed E-state index contributed by atoms with van der Waals surface area (Å²) in [7, 11) is -7.87. The molecule has 4 aromatic carbocycles. The van der Waals surface area contributed by atoms with Crippen LogP contribution in [0.1, 0.15) is 21.5 Å². The lowest BCUT2D eigenvalue weighted by molar-refractivity contribution is -0.137. The van der Waals surface area contributed by atoms with Gasteiger partial charge in [0, 0.05) is 22.0 Å². The molecular formula is C28H23ClF3N3O5S2. The summed E-state index contributed by atoms with van der Waals surface area (Å²) in [6, 6.07) is 21.4. The Balaban J connectivity index is 1.44. The van der Waals surface area contributed by atoms with Crippen molar-refractivity contribution >= 4 is 54.6 Å². The van der Waals surface area contributed by atoms with Crippen LogP contribution in [-0.4, -0.2) is 29.0 Å². The van der Waals surface area contributed by atoms with Crippen LogP contribution in [0.5, 0.6) is 0 Å². The Morgan fingerprint density at radius 1 is 0.833 bits per heavy atom. The number of hydrogen-bond donors (Lipinski definition) is 2. The van der Waals surface area contributed by atoms with Crippen molar-refractivity contribution < 1.29 is 34.8 Å². The molecule has 2 N–H and O–H groups in total. The van der Waals surface area contributed by atoms with Crippen molar-refractivity contribution in [2.24, 2.45) is 0 Å². The summed E-state index contributed by atoms with van der Waals surface area (Å²) >= 11 is 5.90. The van der Waals surface area contributed by atoms with Crippen molar-refractivity contribution in [3.8, 4) is 0 Å². The van der Waals surface area contributed by atoms with E-state index in [9.17, 15) is 34.8 Å². The van der Waals surface area contributed by atoms with Crippen molar-refractivity contribution in [2.45, 2.75) is 17.6 Å². The summed E-state index contributed by atoms with van der Waals surface area (Å²) in [5.74, 6) is -0.539. The van der Waals surface area contributed by atoms with Crippen LogP contribution in [0.25, 0.3) is 0 Å². The van der Waals surface area contributed by atoms with Crippen molar-refractivity contribution in [3.63, 3.8) is 0 Å². The first-order chi connectivity index (χ1) is 19.6. The smallest absolute Gasteiger partial charge is 0.322 e. The number of nitrogens with one attached hydrogen (secondary N) is 2. The van der Waals surface area contributed by atoms with E-state index in [4.69, 9.17) is 11.6 Å². The van der Waals surface area contributed by atoms with Crippen LogP contribution in [0, 0.1) is 0 Å². The van der Waals surface area contributed by atoms with Crippen LogP contribution in [-0.2, 0) is 32.8 Å². The highest BCUT2D eigenvalue weighted by atomic mass is 35.5. The molecule has 14 heteroatoms.